The van der Waals surface area contributed by atoms with Crippen molar-refractivity contribution in [3.63, 3.8) is 0 Å². The summed E-state index contributed by atoms with van der Waals surface area (Å²) in [6, 6.07) is 0. The molecule has 3 unspecified atom stereocenters. The molecule has 0 bridgehead atoms. The summed E-state index contributed by atoms with van der Waals surface area (Å²) in [5.74, 6) is 1.23. The van der Waals surface area contributed by atoms with Gasteiger partial charge in [-0.1, -0.05) is 19.1 Å². The lowest BCUT2D eigenvalue weighted by Crippen LogP contribution is -2.47. The first-order valence-corrected chi connectivity index (χ1v) is 7.21. The second-order valence-electron chi connectivity index (χ2n) is 6.29. The molecule has 0 aromatic rings. The molecular formula is C15H29NO3. The Morgan fingerprint density at radius 3 is 2.68 bits per heavy atom. The number of β-amino-alcohol motifs (C(OH)–C–C–N with tert-alkyl or cyclic N) is 1. The number of allylic oxidation sites excluding steroid dienone is 2. The van der Waals surface area contributed by atoms with Crippen LogP contribution in [-0.2, 0) is 4.74 Å². The maximum absolute atomic E-state index is 9.82. The van der Waals surface area contributed by atoms with Crippen LogP contribution < -0.4 is 5.32 Å². The van der Waals surface area contributed by atoms with Gasteiger partial charge in [0.25, 0.3) is 0 Å². The third kappa shape index (κ3) is 6.52. The summed E-state index contributed by atoms with van der Waals surface area (Å²) in [6.07, 6.45) is 6.13. The van der Waals surface area contributed by atoms with Gasteiger partial charge in [-0.25, -0.2) is 0 Å². The molecule has 4 nitrogen and oxygen atoms in total. The van der Waals surface area contributed by atoms with E-state index in [1.54, 1.807) is 0 Å². The van der Waals surface area contributed by atoms with E-state index in [0.29, 0.717) is 31.6 Å². The molecule has 0 aromatic carbocycles. The Labute approximate surface area is 116 Å². The van der Waals surface area contributed by atoms with E-state index >= 15 is 0 Å². The number of rotatable bonds is 8. The van der Waals surface area contributed by atoms with Crippen molar-refractivity contribution in [2.75, 3.05) is 26.4 Å². The van der Waals surface area contributed by atoms with Crippen LogP contribution >= 0.6 is 0 Å². The van der Waals surface area contributed by atoms with E-state index in [9.17, 15) is 5.11 Å². The molecule has 0 aromatic heterocycles. The third-order valence-electron chi connectivity index (χ3n) is 3.77. The molecule has 3 atom stereocenters. The van der Waals surface area contributed by atoms with Crippen LogP contribution in [0.2, 0.25) is 0 Å². The Balaban J connectivity index is 2.13. The number of nitrogens with one attached hydrogen (secondary N) is 1. The fraction of sp³-hybridized carbons (Fsp3) is 0.867. The Bertz CT molecular complexity index is 279. The minimum atomic E-state index is -0.528. The van der Waals surface area contributed by atoms with Crippen molar-refractivity contribution in [3.8, 4) is 0 Å². The van der Waals surface area contributed by atoms with Crippen molar-refractivity contribution < 1.29 is 14.9 Å². The van der Waals surface area contributed by atoms with E-state index in [0.717, 1.165) is 12.8 Å². The van der Waals surface area contributed by atoms with Crippen molar-refractivity contribution in [1.29, 1.82) is 0 Å². The average Bonchev–Trinajstić information content (AvgIpc) is 2.39. The van der Waals surface area contributed by atoms with Crippen LogP contribution in [0, 0.1) is 11.8 Å². The van der Waals surface area contributed by atoms with E-state index in [4.69, 9.17) is 9.84 Å². The zero-order chi connectivity index (χ0) is 14.3. The molecule has 19 heavy (non-hydrogen) atoms. The lowest BCUT2D eigenvalue weighted by Gasteiger charge is -2.27. The molecule has 0 amide bonds. The zero-order valence-corrected chi connectivity index (χ0v) is 12.4. The second-order valence-corrected chi connectivity index (χ2v) is 6.29. The van der Waals surface area contributed by atoms with Gasteiger partial charge in [-0.05, 0) is 38.5 Å². The molecule has 112 valence electrons. The minimum absolute atomic E-state index is 0.0481. The summed E-state index contributed by atoms with van der Waals surface area (Å²) in [5, 5.41) is 22.0. The smallest absolute Gasteiger partial charge is 0.0897 e. The summed E-state index contributed by atoms with van der Waals surface area (Å²) in [5.41, 5.74) is -0.357. The molecule has 0 aliphatic heterocycles. The topological polar surface area (TPSA) is 61.7 Å². The van der Waals surface area contributed by atoms with Crippen LogP contribution in [0.1, 0.15) is 33.6 Å². The number of ether oxygens (including phenoxy) is 1. The maximum atomic E-state index is 9.82. The fourth-order valence-corrected chi connectivity index (χ4v) is 2.10. The highest BCUT2D eigenvalue weighted by Gasteiger charge is 2.20. The molecule has 1 aliphatic carbocycles. The van der Waals surface area contributed by atoms with Crippen molar-refractivity contribution in [1.82, 2.24) is 5.32 Å². The van der Waals surface area contributed by atoms with E-state index in [-0.39, 0.29) is 12.1 Å². The molecule has 1 rings (SSSR count). The van der Waals surface area contributed by atoms with Gasteiger partial charge in [-0.3, -0.25) is 0 Å². The molecule has 3 N–H and O–H groups in total. The summed E-state index contributed by atoms with van der Waals surface area (Å²) in [6.45, 7) is 7.60. The molecule has 0 saturated heterocycles. The van der Waals surface area contributed by atoms with Crippen LogP contribution in [-0.4, -0.2) is 48.2 Å². The molecule has 1 aliphatic rings. The first-order valence-electron chi connectivity index (χ1n) is 7.21. The minimum Gasteiger partial charge on any atom is -0.394 e. The molecule has 0 radical (unpaired) electrons. The number of hydrogen-bond donors (Lipinski definition) is 3. The summed E-state index contributed by atoms with van der Waals surface area (Å²) in [7, 11) is 0. The molecule has 0 spiro atoms. The van der Waals surface area contributed by atoms with Gasteiger partial charge in [0, 0.05) is 12.1 Å². The van der Waals surface area contributed by atoms with Gasteiger partial charge in [0.05, 0.1) is 25.9 Å². The third-order valence-corrected chi connectivity index (χ3v) is 3.77. The second kappa shape index (κ2) is 8.00. The normalized spacial score (nSPS) is 25.5. The van der Waals surface area contributed by atoms with Gasteiger partial charge >= 0.3 is 0 Å². The predicted molar refractivity (Wildman–Crippen MR) is 77.0 cm³/mol. The molecule has 0 heterocycles. The lowest BCUT2D eigenvalue weighted by molar-refractivity contribution is 0.00902. The van der Waals surface area contributed by atoms with Gasteiger partial charge in [-0.2, -0.15) is 0 Å². The van der Waals surface area contributed by atoms with Crippen LogP contribution in [0.25, 0.3) is 0 Å². The highest BCUT2D eigenvalue weighted by molar-refractivity contribution is 4.93. The monoisotopic (exact) mass is 271 g/mol. The number of hydrogen-bond acceptors (Lipinski definition) is 4. The fourth-order valence-electron chi connectivity index (χ4n) is 2.10. The summed E-state index contributed by atoms with van der Waals surface area (Å²) in [4.78, 5) is 0. The highest BCUT2D eigenvalue weighted by Crippen LogP contribution is 2.24. The Kier molecular flexibility index (Phi) is 7.00. The number of aliphatic hydroxyl groups is 2. The zero-order valence-electron chi connectivity index (χ0n) is 12.4. The van der Waals surface area contributed by atoms with Crippen LogP contribution in [0.3, 0.4) is 0 Å². The van der Waals surface area contributed by atoms with Crippen LogP contribution in [0.4, 0.5) is 0 Å². The highest BCUT2D eigenvalue weighted by atomic mass is 16.5. The van der Waals surface area contributed by atoms with E-state index in [2.05, 4.69) is 24.4 Å². The predicted octanol–water partition coefficient (Wildman–Crippen LogP) is 1.33. The average molecular weight is 271 g/mol. The first kappa shape index (κ1) is 16.6. The lowest BCUT2D eigenvalue weighted by atomic mass is 9.85. The standard InChI is InChI=1S/C15H29NO3/c1-12-6-4-5-7-13(12)9-19-10-14(18)8-16-15(2,3)11-17/h4-5,12-14,16-18H,6-11H2,1-3H3. The van der Waals surface area contributed by atoms with Gasteiger partial charge in [0.15, 0.2) is 0 Å². The van der Waals surface area contributed by atoms with Gasteiger partial charge in [0.2, 0.25) is 0 Å². The van der Waals surface area contributed by atoms with Gasteiger partial charge in [0.1, 0.15) is 0 Å². The molecular weight excluding hydrogens is 242 g/mol. The van der Waals surface area contributed by atoms with E-state index < -0.39 is 6.10 Å². The summed E-state index contributed by atoms with van der Waals surface area (Å²) < 4.78 is 5.62. The molecule has 0 fully saturated rings. The van der Waals surface area contributed by atoms with E-state index in [1.807, 2.05) is 13.8 Å². The van der Waals surface area contributed by atoms with Gasteiger partial charge < -0.3 is 20.3 Å². The Morgan fingerprint density at radius 2 is 2.05 bits per heavy atom. The van der Waals surface area contributed by atoms with Crippen molar-refractivity contribution in [2.45, 2.75) is 45.3 Å². The molecule has 4 heteroatoms. The summed E-state index contributed by atoms with van der Waals surface area (Å²) >= 11 is 0. The van der Waals surface area contributed by atoms with E-state index in [1.165, 1.54) is 0 Å². The van der Waals surface area contributed by atoms with Crippen LogP contribution in [0.5, 0.6) is 0 Å². The Morgan fingerprint density at radius 1 is 1.37 bits per heavy atom. The van der Waals surface area contributed by atoms with Crippen LogP contribution in [0.15, 0.2) is 12.2 Å². The SMILES string of the molecule is CC1CC=CCC1COCC(O)CNC(C)(C)CO. The molecule has 0 saturated carbocycles. The largest absolute Gasteiger partial charge is 0.394 e. The number of aliphatic hydroxyl groups excluding tert-OH is 2. The van der Waals surface area contributed by atoms with Crippen molar-refractivity contribution in [3.05, 3.63) is 12.2 Å². The maximum Gasteiger partial charge on any atom is 0.0897 e. The quantitative estimate of drug-likeness (QED) is 0.583. The van der Waals surface area contributed by atoms with Crippen molar-refractivity contribution >= 4 is 0 Å². The van der Waals surface area contributed by atoms with Gasteiger partial charge in [-0.15, -0.1) is 0 Å². The van der Waals surface area contributed by atoms with Crippen molar-refractivity contribution in [2.24, 2.45) is 11.8 Å². The Hall–Kier alpha value is -0.420. The first-order chi connectivity index (χ1) is 8.94.